The molecule has 4 heterocycles. The second-order valence-corrected chi connectivity index (χ2v) is 8.09. The lowest BCUT2D eigenvalue weighted by atomic mass is 10.0. The first-order chi connectivity index (χ1) is 14.5. The van der Waals surface area contributed by atoms with Gasteiger partial charge in [0.25, 0.3) is 5.56 Å². The number of fused-ring (bicyclic) bond motifs is 2. The van der Waals surface area contributed by atoms with Gasteiger partial charge in [-0.15, -0.1) is 11.3 Å². The van der Waals surface area contributed by atoms with Crippen LogP contribution in [0.2, 0.25) is 5.02 Å². The van der Waals surface area contributed by atoms with E-state index in [4.69, 9.17) is 16.6 Å². The van der Waals surface area contributed by atoms with Gasteiger partial charge in [-0.25, -0.2) is 19.9 Å². The van der Waals surface area contributed by atoms with Crippen molar-refractivity contribution in [3.05, 3.63) is 69.1 Å². The lowest BCUT2D eigenvalue weighted by Crippen LogP contribution is -2.23. The first-order valence-electron chi connectivity index (χ1n) is 9.21. The Bertz CT molecular complexity index is 1450. The Labute approximate surface area is 179 Å². The summed E-state index contributed by atoms with van der Waals surface area (Å²) in [5.41, 5.74) is 3.65. The third kappa shape index (κ3) is 2.94. The third-order valence-electron chi connectivity index (χ3n) is 4.90. The minimum absolute atomic E-state index is 0.148. The average molecular weight is 438 g/mol. The molecule has 1 aromatic carbocycles. The van der Waals surface area contributed by atoms with Gasteiger partial charge in [0, 0.05) is 21.7 Å². The van der Waals surface area contributed by atoms with Crippen molar-refractivity contribution >= 4 is 44.9 Å². The van der Waals surface area contributed by atoms with Crippen molar-refractivity contribution in [1.82, 2.24) is 29.3 Å². The summed E-state index contributed by atoms with van der Waals surface area (Å²) in [6.45, 7) is 3.82. The zero-order valence-corrected chi connectivity index (χ0v) is 17.6. The number of halogens is 1. The molecule has 0 aliphatic carbocycles. The molecule has 0 radical (unpaired) electrons. The van der Waals surface area contributed by atoms with Crippen LogP contribution in [0, 0.1) is 6.92 Å². The summed E-state index contributed by atoms with van der Waals surface area (Å²) in [5, 5.41) is 5.76. The highest BCUT2D eigenvalue weighted by Crippen LogP contribution is 2.32. The largest absolute Gasteiger partial charge is 0.360 e. The van der Waals surface area contributed by atoms with Crippen molar-refractivity contribution in [2.75, 3.05) is 5.32 Å². The van der Waals surface area contributed by atoms with Crippen molar-refractivity contribution in [3.8, 4) is 11.1 Å². The number of benzene rings is 1. The molecule has 0 bridgehead atoms. The van der Waals surface area contributed by atoms with Crippen LogP contribution in [0.25, 0.3) is 27.3 Å². The molecule has 150 valence electrons. The quantitative estimate of drug-likeness (QED) is 0.436. The number of imidazole rings is 1. The van der Waals surface area contributed by atoms with Gasteiger partial charge in [0.05, 0.1) is 23.6 Å². The number of thiazole rings is 1. The highest BCUT2D eigenvalue weighted by molar-refractivity contribution is 7.15. The van der Waals surface area contributed by atoms with Crippen LogP contribution >= 0.6 is 22.9 Å². The molecule has 5 rings (SSSR count). The fourth-order valence-corrected chi connectivity index (χ4v) is 4.57. The molecule has 0 aliphatic heterocycles. The van der Waals surface area contributed by atoms with Gasteiger partial charge < -0.3 is 10.3 Å². The molecule has 1 atom stereocenters. The maximum absolute atomic E-state index is 13.5. The minimum atomic E-state index is -0.335. The first kappa shape index (κ1) is 18.7. The van der Waals surface area contributed by atoms with Gasteiger partial charge in [0.1, 0.15) is 11.8 Å². The van der Waals surface area contributed by atoms with Gasteiger partial charge in [-0.3, -0.25) is 9.20 Å². The Morgan fingerprint density at radius 1 is 1.23 bits per heavy atom. The molecule has 0 amide bonds. The summed E-state index contributed by atoms with van der Waals surface area (Å²) >= 11 is 7.90. The molecule has 2 N–H and O–H groups in total. The van der Waals surface area contributed by atoms with E-state index < -0.39 is 0 Å². The second kappa shape index (κ2) is 7.19. The molecule has 0 saturated carbocycles. The fraction of sp³-hybridized carbons (Fsp3) is 0.150. The van der Waals surface area contributed by atoms with E-state index in [1.165, 1.54) is 17.7 Å². The van der Waals surface area contributed by atoms with Crippen LogP contribution in [0.15, 0.2) is 47.1 Å². The summed E-state index contributed by atoms with van der Waals surface area (Å²) < 4.78 is 1.62. The van der Waals surface area contributed by atoms with Crippen molar-refractivity contribution in [3.63, 3.8) is 0 Å². The summed E-state index contributed by atoms with van der Waals surface area (Å²) in [6.07, 6.45) is 3.01. The maximum atomic E-state index is 13.5. The van der Waals surface area contributed by atoms with E-state index in [0.717, 1.165) is 5.69 Å². The topological polar surface area (TPSA) is 101 Å². The number of H-pyrrole nitrogens is 1. The van der Waals surface area contributed by atoms with Gasteiger partial charge >= 0.3 is 0 Å². The van der Waals surface area contributed by atoms with Crippen LogP contribution in [0.3, 0.4) is 0 Å². The minimum Gasteiger partial charge on any atom is -0.360 e. The van der Waals surface area contributed by atoms with Crippen LogP contribution in [0.1, 0.15) is 24.4 Å². The predicted octanol–water partition coefficient (Wildman–Crippen LogP) is 4.22. The molecule has 5 aromatic rings. The van der Waals surface area contributed by atoms with Gasteiger partial charge in [0.2, 0.25) is 0 Å². The molecule has 30 heavy (non-hydrogen) atoms. The molecular formula is C20H16ClN7OS. The second-order valence-electron chi connectivity index (χ2n) is 6.84. The summed E-state index contributed by atoms with van der Waals surface area (Å²) in [4.78, 5) is 34.6. The molecule has 0 saturated heterocycles. The Morgan fingerprint density at radius 3 is 2.90 bits per heavy atom. The number of aryl methyl sites for hydroxylation is 1. The van der Waals surface area contributed by atoms with E-state index in [9.17, 15) is 4.79 Å². The predicted molar refractivity (Wildman–Crippen MR) is 118 cm³/mol. The normalized spacial score (nSPS) is 12.5. The van der Waals surface area contributed by atoms with E-state index in [-0.39, 0.29) is 11.6 Å². The highest BCUT2D eigenvalue weighted by atomic mass is 35.5. The zero-order chi connectivity index (χ0) is 20.8. The number of rotatable bonds is 4. The zero-order valence-electron chi connectivity index (χ0n) is 16.0. The van der Waals surface area contributed by atoms with Gasteiger partial charge in [-0.2, -0.15) is 0 Å². The van der Waals surface area contributed by atoms with Crippen LogP contribution in [0.4, 0.5) is 5.82 Å². The van der Waals surface area contributed by atoms with Crippen molar-refractivity contribution in [2.45, 2.75) is 19.9 Å². The molecule has 4 aromatic heterocycles. The van der Waals surface area contributed by atoms with Crippen molar-refractivity contribution in [1.29, 1.82) is 0 Å². The van der Waals surface area contributed by atoms with Gasteiger partial charge in [0.15, 0.2) is 16.4 Å². The monoisotopic (exact) mass is 437 g/mol. The Hall–Kier alpha value is -3.30. The molecular weight excluding hydrogens is 422 g/mol. The van der Waals surface area contributed by atoms with Gasteiger partial charge in [-0.1, -0.05) is 29.8 Å². The van der Waals surface area contributed by atoms with Crippen LogP contribution < -0.4 is 10.9 Å². The van der Waals surface area contributed by atoms with Crippen LogP contribution in [-0.4, -0.2) is 29.3 Å². The Balaban J connectivity index is 1.71. The van der Waals surface area contributed by atoms with E-state index >= 15 is 0 Å². The summed E-state index contributed by atoms with van der Waals surface area (Å²) in [5.74, 6) is 0.583. The Morgan fingerprint density at radius 2 is 2.07 bits per heavy atom. The number of aromatic nitrogens is 6. The summed E-state index contributed by atoms with van der Waals surface area (Å²) in [6, 6.07) is 6.96. The summed E-state index contributed by atoms with van der Waals surface area (Å²) in [7, 11) is 0. The van der Waals surface area contributed by atoms with E-state index in [1.807, 2.05) is 37.4 Å². The van der Waals surface area contributed by atoms with Crippen LogP contribution in [0.5, 0.6) is 0 Å². The first-order valence-corrected chi connectivity index (χ1v) is 10.5. The average Bonchev–Trinajstić information content (AvgIpc) is 3.36. The molecule has 8 nitrogen and oxygen atoms in total. The number of hydrogen-bond donors (Lipinski definition) is 2. The molecule has 0 unspecified atom stereocenters. The fourth-order valence-electron chi connectivity index (χ4n) is 3.48. The highest BCUT2D eigenvalue weighted by Gasteiger charge is 2.23. The number of nitrogens with one attached hydrogen (secondary N) is 2. The molecule has 0 fully saturated rings. The van der Waals surface area contributed by atoms with E-state index in [1.54, 1.807) is 16.8 Å². The number of aromatic amines is 1. The lowest BCUT2D eigenvalue weighted by molar-refractivity contribution is 0.826. The van der Waals surface area contributed by atoms with Crippen molar-refractivity contribution in [2.24, 2.45) is 0 Å². The van der Waals surface area contributed by atoms with Gasteiger partial charge in [-0.05, 0) is 19.9 Å². The maximum Gasteiger partial charge on any atom is 0.267 e. The number of nitrogens with zero attached hydrogens (tertiary/aromatic N) is 5. The third-order valence-corrected chi connectivity index (χ3v) is 6.17. The Kier molecular flexibility index (Phi) is 4.48. The number of hydrogen-bond acceptors (Lipinski definition) is 7. The number of anilines is 1. The SMILES string of the molecule is Cc1csc2nc([C@H](C)Nc3ncnc4nc[nH]c34)c(-c3ccccc3Cl)c(=O)n12. The van der Waals surface area contributed by atoms with Crippen LogP contribution in [-0.2, 0) is 0 Å². The molecule has 0 aliphatic rings. The van der Waals surface area contributed by atoms with E-state index in [2.05, 4.69) is 25.3 Å². The lowest BCUT2D eigenvalue weighted by Gasteiger charge is -2.18. The molecule has 10 heteroatoms. The van der Waals surface area contributed by atoms with Crippen molar-refractivity contribution < 1.29 is 0 Å². The molecule has 0 spiro atoms. The standard InChI is InChI=1S/C20H16ClN7OS/c1-10-7-30-20-27-15(11(2)26-18-16-17(23-8-22-16)24-9-25-18)14(19(29)28(10)20)12-5-3-4-6-13(12)21/h3-9,11H,1-2H3,(H2,22,23,24,25,26)/t11-/m0/s1. The smallest absolute Gasteiger partial charge is 0.267 e. The van der Waals surface area contributed by atoms with E-state index in [0.29, 0.717) is 43.8 Å².